The second-order valence-corrected chi connectivity index (χ2v) is 6.87. The Labute approximate surface area is 160 Å². The van der Waals surface area contributed by atoms with Crippen LogP contribution in [0.2, 0.25) is 0 Å². The Kier molecular flexibility index (Phi) is 5.19. The molecule has 3 aromatic rings. The van der Waals surface area contributed by atoms with Gasteiger partial charge in [-0.3, -0.25) is 4.99 Å². The van der Waals surface area contributed by atoms with E-state index in [1.807, 2.05) is 36.1 Å². The molecule has 27 heavy (non-hydrogen) atoms. The number of nitrogens with one attached hydrogen (secondary N) is 1. The predicted molar refractivity (Wildman–Crippen MR) is 109 cm³/mol. The van der Waals surface area contributed by atoms with Gasteiger partial charge in [0.25, 0.3) is 0 Å². The fourth-order valence-electron chi connectivity index (χ4n) is 3.64. The van der Waals surface area contributed by atoms with Gasteiger partial charge in [0.1, 0.15) is 0 Å². The zero-order valence-electron chi connectivity index (χ0n) is 15.6. The summed E-state index contributed by atoms with van der Waals surface area (Å²) in [6.07, 6.45) is 5.13. The van der Waals surface area contributed by atoms with Crippen LogP contribution in [0.1, 0.15) is 23.5 Å². The number of rotatable bonds is 4. The van der Waals surface area contributed by atoms with Crippen LogP contribution < -0.4 is 5.32 Å². The summed E-state index contributed by atoms with van der Waals surface area (Å²) < 4.78 is 1.90. The zero-order chi connectivity index (χ0) is 18.5. The number of guanidine groups is 1. The van der Waals surface area contributed by atoms with E-state index in [0.29, 0.717) is 12.5 Å². The summed E-state index contributed by atoms with van der Waals surface area (Å²) >= 11 is 0. The van der Waals surface area contributed by atoms with Gasteiger partial charge in [0, 0.05) is 44.4 Å². The van der Waals surface area contributed by atoms with Gasteiger partial charge in [-0.1, -0.05) is 48.5 Å². The molecule has 1 fully saturated rings. The predicted octanol–water partition coefficient (Wildman–Crippen LogP) is 3.44. The molecule has 1 aliphatic heterocycles. The van der Waals surface area contributed by atoms with E-state index in [-0.39, 0.29) is 0 Å². The SMILES string of the molecule is CN=C(NCc1cnn(-c2ccccc2)c1)N1CCC(c2ccccc2)C1. The standard InChI is InChI=1S/C22H25N5/c1-23-22(26-13-12-20(17-26)19-8-4-2-5-9-19)24-14-18-15-25-27(16-18)21-10-6-3-7-11-21/h2-11,15-16,20H,12-14,17H2,1H3,(H,23,24). The molecule has 1 saturated heterocycles. The van der Waals surface area contributed by atoms with Crippen LogP contribution in [-0.4, -0.2) is 40.8 Å². The summed E-state index contributed by atoms with van der Waals surface area (Å²) in [5.41, 5.74) is 3.62. The van der Waals surface area contributed by atoms with Crippen LogP contribution in [0.15, 0.2) is 78.0 Å². The highest BCUT2D eigenvalue weighted by atomic mass is 15.3. The third-order valence-corrected chi connectivity index (χ3v) is 5.08. The van der Waals surface area contributed by atoms with Crippen LogP contribution in [0, 0.1) is 0 Å². The van der Waals surface area contributed by atoms with Gasteiger partial charge in [-0.25, -0.2) is 4.68 Å². The molecule has 0 aliphatic carbocycles. The highest BCUT2D eigenvalue weighted by molar-refractivity contribution is 5.80. The van der Waals surface area contributed by atoms with Crippen molar-refractivity contribution in [2.75, 3.05) is 20.1 Å². The van der Waals surface area contributed by atoms with Gasteiger partial charge in [-0.2, -0.15) is 5.10 Å². The molecule has 1 aliphatic rings. The Balaban J connectivity index is 1.36. The summed E-state index contributed by atoms with van der Waals surface area (Å²) in [7, 11) is 1.85. The Morgan fingerprint density at radius 1 is 1.11 bits per heavy atom. The number of benzene rings is 2. The van der Waals surface area contributed by atoms with Crippen molar-refractivity contribution in [1.82, 2.24) is 20.0 Å². The van der Waals surface area contributed by atoms with Crippen molar-refractivity contribution in [3.05, 3.63) is 84.2 Å². The monoisotopic (exact) mass is 359 g/mol. The molecule has 4 rings (SSSR count). The van der Waals surface area contributed by atoms with E-state index in [0.717, 1.165) is 36.7 Å². The fourth-order valence-corrected chi connectivity index (χ4v) is 3.64. The Morgan fingerprint density at radius 2 is 1.85 bits per heavy atom. The molecular weight excluding hydrogens is 334 g/mol. The van der Waals surface area contributed by atoms with E-state index in [1.165, 1.54) is 5.56 Å². The molecule has 0 radical (unpaired) electrons. The molecule has 5 nitrogen and oxygen atoms in total. The molecule has 2 aromatic carbocycles. The number of aromatic nitrogens is 2. The Morgan fingerprint density at radius 3 is 2.59 bits per heavy atom. The molecule has 1 N–H and O–H groups in total. The first-order valence-electron chi connectivity index (χ1n) is 9.43. The Bertz CT molecular complexity index is 885. The number of hydrogen-bond donors (Lipinski definition) is 1. The number of para-hydroxylation sites is 1. The highest BCUT2D eigenvalue weighted by Crippen LogP contribution is 2.26. The lowest BCUT2D eigenvalue weighted by Gasteiger charge is -2.21. The first-order chi connectivity index (χ1) is 13.3. The summed E-state index contributed by atoms with van der Waals surface area (Å²) in [5, 5.41) is 7.95. The lowest BCUT2D eigenvalue weighted by molar-refractivity contribution is 0.486. The average Bonchev–Trinajstić information content (AvgIpc) is 3.40. The van der Waals surface area contributed by atoms with Crippen LogP contribution >= 0.6 is 0 Å². The summed E-state index contributed by atoms with van der Waals surface area (Å²) in [4.78, 5) is 6.83. The van der Waals surface area contributed by atoms with E-state index in [2.05, 4.69) is 69.0 Å². The molecular formula is C22H25N5. The van der Waals surface area contributed by atoms with Gasteiger partial charge in [0.15, 0.2) is 5.96 Å². The molecule has 0 bridgehead atoms. The van der Waals surface area contributed by atoms with Crippen LogP contribution in [-0.2, 0) is 6.54 Å². The van der Waals surface area contributed by atoms with Gasteiger partial charge in [0.05, 0.1) is 11.9 Å². The number of aliphatic imine (C=N–C) groups is 1. The molecule has 0 saturated carbocycles. The summed E-state index contributed by atoms with van der Waals surface area (Å²) in [6, 6.07) is 20.9. The summed E-state index contributed by atoms with van der Waals surface area (Å²) in [6.45, 7) is 2.75. The van der Waals surface area contributed by atoms with Crippen molar-refractivity contribution in [3.8, 4) is 5.69 Å². The maximum absolute atomic E-state index is 4.48. The van der Waals surface area contributed by atoms with Gasteiger partial charge in [0.2, 0.25) is 0 Å². The van der Waals surface area contributed by atoms with E-state index in [4.69, 9.17) is 0 Å². The molecule has 138 valence electrons. The minimum atomic E-state index is 0.575. The third-order valence-electron chi connectivity index (χ3n) is 5.08. The van der Waals surface area contributed by atoms with Crippen molar-refractivity contribution >= 4 is 5.96 Å². The molecule has 0 amide bonds. The summed E-state index contributed by atoms with van der Waals surface area (Å²) in [5.74, 6) is 1.53. The van der Waals surface area contributed by atoms with E-state index in [9.17, 15) is 0 Å². The largest absolute Gasteiger partial charge is 0.352 e. The van der Waals surface area contributed by atoms with Crippen molar-refractivity contribution in [3.63, 3.8) is 0 Å². The maximum Gasteiger partial charge on any atom is 0.193 e. The maximum atomic E-state index is 4.48. The van der Waals surface area contributed by atoms with E-state index < -0.39 is 0 Å². The van der Waals surface area contributed by atoms with Crippen LogP contribution in [0.5, 0.6) is 0 Å². The zero-order valence-corrected chi connectivity index (χ0v) is 15.6. The minimum absolute atomic E-state index is 0.575. The fraction of sp³-hybridized carbons (Fsp3) is 0.273. The normalized spacial score (nSPS) is 17.3. The quantitative estimate of drug-likeness (QED) is 0.573. The van der Waals surface area contributed by atoms with Gasteiger partial charge in [-0.05, 0) is 24.1 Å². The van der Waals surface area contributed by atoms with Gasteiger partial charge in [-0.15, -0.1) is 0 Å². The van der Waals surface area contributed by atoms with Crippen molar-refractivity contribution in [2.24, 2.45) is 4.99 Å². The molecule has 1 aromatic heterocycles. The Hall–Kier alpha value is -3.08. The average molecular weight is 359 g/mol. The lowest BCUT2D eigenvalue weighted by Crippen LogP contribution is -2.39. The van der Waals surface area contributed by atoms with Crippen molar-refractivity contribution < 1.29 is 0 Å². The highest BCUT2D eigenvalue weighted by Gasteiger charge is 2.25. The van der Waals surface area contributed by atoms with E-state index >= 15 is 0 Å². The second-order valence-electron chi connectivity index (χ2n) is 6.87. The van der Waals surface area contributed by atoms with Crippen molar-refractivity contribution in [2.45, 2.75) is 18.9 Å². The first kappa shape index (κ1) is 17.3. The van der Waals surface area contributed by atoms with Crippen molar-refractivity contribution in [1.29, 1.82) is 0 Å². The topological polar surface area (TPSA) is 45.5 Å². The molecule has 2 heterocycles. The molecule has 1 unspecified atom stereocenters. The molecule has 1 atom stereocenters. The third kappa shape index (κ3) is 4.03. The van der Waals surface area contributed by atoms with E-state index in [1.54, 1.807) is 0 Å². The van der Waals surface area contributed by atoms with Gasteiger partial charge >= 0.3 is 0 Å². The number of nitrogens with zero attached hydrogens (tertiary/aromatic N) is 4. The number of hydrogen-bond acceptors (Lipinski definition) is 2. The van der Waals surface area contributed by atoms with Crippen LogP contribution in [0.25, 0.3) is 5.69 Å². The molecule has 0 spiro atoms. The van der Waals surface area contributed by atoms with Crippen LogP contribution in [0.3, 0.4) is 0 Å². The smallest absolute Gasteiger partial charge is 0.193 e. The lowest BCUT2D eigenvalue weighted by atomic mass is 9.99. The number of likely N-dealkylation sites (tertiary alicyclic amines) is 1. The second kappa shape index (κ2) is 8.08. The van der Waals surface area contributed by atoms with Gasteiger partial charge < -0.3 is 10.2 Å². The minimum Gasteiger partial charge on any atom is -0.352 e. The first-order valence-corrected chi connectivity index (χ1v) is 9.43. The van der Waals surface area contributed by atoms with Crippen LogP contribution in [0.4, 0.5) is 0 Å². The molecule has 5 heteroatoms.